The normalized spacial score (nSPS) is 12.4. The van der Waals surface area contributed by atoms with Gasteiger partial charge in [0.05, 0.1) is 21.8 Å². The first kappa shape index (κ1) is 32.7. The summed E-state index contributed by atoms with van der Waals surface area (Å²) in [6, 6.07) is 7.99. The van der Waals surface area contributed by atoms with Crippen molar-refractivity contribution in [2.75, 3.05) is 12.4 Å². The largest absolute Gasteiger partial charge is 0.478 e. The van der Waals surface area contributed by atoms with E-state index in [9.17, 15) is 9.59 Å². The summed E-state index contributed by atoms with van der Waals surface area (Å²) in [4.78, 5) is 28.5. The number of hydrogen-bond donors (Lipinski definition) is 2. The second kappa shape index (κ2) is 16.0. The van der Waals surface area contributed by atoms with Crippen LogP contribution >= 0.6 is 34.5 Å². The number of nitrogens with zero attached hydrogens (tertiary/aromatic N) is 1. The molecule has 1 heterocycles. The van der Waals surface area contributed by atoms with Crippen LogP contribution in [-0.2, 0) is 9.53 Å². The first-order valence-corrected chi connectivity index (χ1v) is 15.3. The lowest BCUT2D eigenvalue weighted by Crippen LogP contribution is -2.12. The number of aliphatic carboxylic acids is 1. The summed E-state index contributed by atoms with van der Waals surface area (Å²) in [6.07, 6.45) is 9.94. The molecule has 0 saturated heterocycles. The minimum Gasteiger partial charge on any atom is -0.478 e. The van der Waals surface area contributed by atoms with Crippen molar-refractivity contribution in [1.82, 2.24) is 4.98 Å². The molecule has 3 aromatic rings. The predicted octanol–water partition coefficient (Wildman–Crippen LogP) is 9.82. The Morgan fingerprint density at radius 1 is 1.12 bits per heavy atom. The van der Waals surface area contributed by atoms with Gasteiger partial charge in [-0.3, -0.25) is 10.1 Å². The number of aromatic nitrogens is 1. The molecule has 0 saturated carbocycles. The van der Waals surface area contributed by atoms with Gasteiger partial charge in [-0.25, -0.2) is 14.2 Å². The molecule has 1 unspecified atom stereocenters. The van der Waals surface area contributed by atoms with Crippen molar-refractivity contribution in [2.24, 2.45) is 0 Å². The van der Waals surface area contributed by atoms with Crippen LogP contribution in [0.4, 0.5) is 9.52 Å². The third-order valence-corrected chi connectivity index (χ3v) is 8.15. The van der Waals surface area contributed by atoms with Crippen molar-refractivity contribution in [3.63, 3.8) is 0 Å². The number of unbranched alkanes of at least 4 members (excludes halogenated alkanes) is 6. The topological polar surface area (TPSA) is 88.5 Å². The molecule has 0 fully saturated rings. The number of rotatable bonds is 15. The molecule has 0 radical (unpaired) electrons. The van der Waals surface area contributed by atoms with Gasteiger partial charge in [0, 0.05) is 40.3 Å². The summed E-state index contributed by atoms with van der Waals surface area (Å²) in [5, 5.41) is 14.0. The van der Waals surface area contributed by atoms with Crippen molar-refractivity contribution >= 4 is 57.6 Å². The van der Waals surface area contributed by atoms with E-state index in [4.69, 9.17) is 33.0 Å². The fourth-order valence-electron chi connectivity index (χ4n) is 4.44. The molecular weight excluding hydrogens is 586 g/mol. The van der Waals surface area contributed by atoms with E-state index in [2.05, 4.69) is 17.2 Å². The minimum absolute atomic E-state index is 0.0484. The SMILES string of the molecule is CCCCCCCCCC(OC)c1cccc(-c2csc(NC(=O)c3cc(Cl)c(C=C(C)C(=O)O)c(Cl)c3)n2)c1F. The number of nitrogens with one attached hydrogen (secondary N) is 1. The summed E-state index contributed by atoms with van der Waals surface area (Å²) in [6.45, 7) is 3.62. The molecule has 0 spiro atoms. The van der Waals surface area contributed by atoms with Crippen LogP contribution in [0.3, 0.4) is 0 Å². The third-order valence-electron chi connectivity index (χ3n) is 6.77. The number of carbonyl (C=O) groups is 2. The van der Waals surface area contributed by atoms with Crippen molar-refractivity contribution in [1.29, 1.82) is 0 Å². The molecule has 3 rings (SSSR count). The van der Waals surface area contributed by atoms with Gasteiger partial charge in [0.25, 0.3) is 5.91 Å². The molecule has 10 heteroatoms. The quantitative estimate of drug-likeness (QED) is 0.130. The molecule has 1 amide bonds. The van der Waals surface area contributed by atoms with Crippen molar-refractivity contribution in [2.45, 2.75) is 71.3 Å². The average molecular weight is 622 g/mol. The molecule has 41 heavy (non-hydrogen) atoms. The van der Waals surface area contributed by atoms with E-state index in [0.29, 0.717) is 22.4 Å². The van der Waals surface area contributed by atoms with Crippen LogP contribution in [-0.4, -0.2) is 29.1 Å². The lowest BCUT2D eigenvalue weighted by atomic mass is 9.98. The van der Waals surface area contributed by atoms with E-state index < -0.39 is 11.9 Å². The van der Waals surface area contributed by atoms with Gasteiger partial charge in [0.15, 0.2) is 5.13 Å². The monoisotopic (exact) mass is 620 g/mol. The number of carbonyl (C=O) groups excluding carboxylic acids is 1. The summed E-state index contributed by atoms with van der Waals surface area (Å²) < 4.78 is 21.3. The first-order chi connectivity index (χ1) is 19.7. The van der Waals surface area contributed by atoms with Crippen LogP contribution in [0.25, 0.3) is 17.3 Å². The molecule has 1 atom stereocenters. The van der Waals surface area contributed by atoms with Gasteiger partial charge < -0.3 is 9.84 Å². The molecule has 2 aromatic carbocycles. The van der Waals surface area contributed by atoms with Gasteiger partial charge in [0.2, 0.25) is 0 Å². The average Bonchev–Trinajstić information content (AvgIpc) is 3.40. The van der Waals surface area contributed by atoms with Crippen LogP contribution in [0, 0.1) is 5.82 Å². The minimum atomic E-state index is -1.11. The van der Waals surface area contributed by atoms with Gasteiger partial charge in [-0.2, -0.15) is 0 Å². The lowest BCUT2D eigenvalue weighted by Gasteiger charge is -2.17. The molecular formula is C31H35Cl2FN2O4S. The Morgan fingerprint density at radius 2 is 1.78 bits per heavy atom. The van der Waals surface area contributed by atoms with Crippen LogP contribution in [0.1, 0.15) is 92.8 Å². The van der Waals surface area contributed by atoms with Gasteiger partial charge in [-0.15, -0.1) is 11.3 Å². The highest BCUT2D eigenvalue weighted by Gasteiger charge is 2.20. The Bertz CT molecular complexity index is 1370. The van der Waals surface area contributed by atoms with Gasteiger partial charge in [-0.1, -0.05) is 87.2 Å². The Kier molecular flexibility index (Phi) is 12.8. The van der Waals surface area contributed by atoms with Crippen LogP contribution in [0.2, 0.25) is 10.0 Å². The fraction of sp³-hybridized carbons (Fsp3) is 0.387. The molecule has 0 aliphatic rings. The molecule has 1 aromatic heterocycles. The summed E-state index contributed by atoms with van der Waals surface area (Å²) in [5.74, 6) is -2.00. The number of halogens is 3. The van der Waals surface area contributed by atoms with E-state index >= 15 is 4.39 Å². The fourth-order valence-corrected chi connectivity index (χ4v) is 5.74. The van der Waals surface area contributed by atoms with Gasteiger partial charge in [0.1, 0.15) is 5.82 Å². The van der Waals surface area contributed by atoms with Crippen LogP contribution in [0.5, 0.6) is 0 Å². The van der Waals surface area contributed by atoms with Gasteiger partial charge in [-0.05, 0) is 37.6 Å². The van der Waals surface area contributed by atoms with Crippen molar-refractivity contribution < 1.29 is 23.8 Å². The predicted molar refractivity (Wildman–Crippen MR) is 166 cm³/mol. The number of amides is 1. The number of thiazole rings is 1. The zero-order chi connectivity index (χ0) is 29.9. The maximum Gasteiger partial charge on any atom is 0.331 e. The lowest BCUT2D eigenvalue weighted by molar-refractivity contribution is -0.132. The molecule has 2 N–H and O–H groups in total. The second-order valence-corrected chi connectivity index (χ2v) is 11.5. The Labute approximate surface area is 254 Å². The molecule has 0 bridgehead atoms. The number of ether oxygens (including phenoxy) is 1. The van der Waals surface area contributed by atoms with E-state index in [-0.39, 0.29) is 38.2 Å². The van der Waals surface area contributed by atoms with Crippen molar-refractivity contribution in [3.8, 4) is 11.3 Å². The highest BCUT2D eigenvalue weighted by molar-refractivity contribution is 7.14. The molecule has 6 nitrogen and oxygen atoms in total. The highest BCUT2D eigenvalue weighted by Crippen LogP contribution is 2.34. The number of carboxylic acid groups (broad SMARTS) is 1. The highest BCUT2D eigenvalue weighted by atomic mass is 35.5. The van der Waals surface area contributed by atoms with Crippen LogP contribution in [0.15, 0.2) is 41.3 Å². The van der Waals surface area contributed by atoms with Crippen LogP contribution < -0.4 is 5.32 Å². The maximum absolute atomic E-state index is 15.6. The van der Waals surface area contributed by atoms with E-state index in [1.165, 1.54) is 57.2 Å². The zero-order valence-electron chi connectivity index (χ0n) is 23.4. The maximum atomic E-state index is 15.6. The number of carboxylic acids is 1. The summed E-state index contributed by atoms with van der Waals surface area (Å²) in [7, 11) is 1.60. The number of anilines is 1. The van der Waals surface area contributed by atoms with Crippen molar-refractivity contribution in [3.05, 3.63) is 73.8 Å². The third kappa shape index (κ3) is 9.10. The molecule has 220 valence electrons. The Morgan fingerprint density at radius 3 is 2.41 bits per heavy atom. The number of benzene rings is 2. The summed E-state index contributed by atoms with van der Waals surface area (Å²) >= 11 is 13.7. The Hall–Kier alpha value is -2.78. The van der Waals surface area contributed by atoms with E-state index in [1.54, 1.807) is 30.7 Å². The molecule has 0 aliphatic carbocycles. The number of methoxy groups -OCH3 is 1. The summed E-state index contributed by atoms with van der Waals surface area (Å²) in [5.41, 5.74) is 1.74. The van der Waals surface area contributed by atoms with E-state index in [0.717, 1.165) is 30.6 Å². The van der Waals surface area contributed by atoms with E-state index in [1.807, 2.05) is 0 Å². The number of hydrogen-bond acceptors (Lipinski definition) is 5. The second-order valence-electron chi connectivity index (χ2n) is 9.82. The zero-order valence-corrected chi connectivity index (χ0v) is 25.8. The standard InChI is InChI=1S/C31H35Cl2FN2O4S/c1-4-5-6-7-8-9-10-14-27(40-3)22-13-11-12-21(28(22)34)26-18-41-31(35-26)36-29(37)20-16-24(32)23(25(33)17-20)15-19(2)30(38)39/h11-13,15-18,27H,4-10,14H2,1-3H3,(H,38,39)(H,35,36,37). The first-order valence-electron chi connectivity index (χ1n) is 13.6. The molecule has 0 aliphatic heterocycles. The Balaban J connectivity index is 1.70. The van der Waals surface area contributed by atoms with Gasteiger partial charge >= 0.3 is 5.97 Å². The smallest absolute Gasteiger partial charge is 0.331 e.